The molecule has 1 heterocycles. The fraction of sp³-hybridized carbons (Fsp3) is 0. The van der Waals surface area contributed by atoms with Crippen LogP contribution in [-0.2, 0) is 4.84 Å². The molecule has 0 bridgehead atoms. The highest BCUT2D eigenvalue weighted by Crippen LogP contribution is 2.16. The second-order valence-corrected chi connectivity index (χ2v) is 2.16. The van der Waals surface area contributed by atoms with Gasteiger partial charge in [0.05, 0.1) is 0 Å². The van der Waals surface area contributed by atoms with Crippen molar-refractivity contribution in [2.45, 2.75) is 0 Å². The maximum atomic E-state index is 4.61. The molecule has 3 heteroatoms. The van der Waals surface area contributed by atoms with E-state index in [0.717, 1.165) is 11.3 Å². The van der Waals surface area contributed by atoms with Gasteiger partial charge in [-0.1, -0.05) is 30.3 Å². The van der Waals surface area contributed by atoms with Crippen LogP contribution in [-0.4, -0.2) is 0 Å². The van der Waals surface area contributed by atoms with Gasteiger partial charge < -0.3 is 0 Å². The Balaban J connectivity index is 2.37. The third kappa shape index (κ3) is 1.12. The van der Waals surface area contributed by atoms with Gasteiger partial charge in [-0.05, 0) is 0 Å². The van der Waals surface area contributed by atoms with Crippen LogP contribution < -0.4 is 5.28 Å². The zero-order valence-electron chi connectivity index (χ0n) is 5.77. The molecule has 0 saturated heterocycles. The normalized spacial score (nSPS) is 14.4. The summed E-state index contributed by atoms with van der Waals surface area (Å²) in [5.41, 5.74) is 1.79. The number of benzene rings is 1. The summed E-state index contributed by atoms with van der Waals surface area (Å²) in [5.74, 6) is 0. The SMILES string of the molecule is C1=C(c2ccccc2)N=[N+]O1. The molecule has 1 aliphatic rings. The van der Waals surface area contributed by atoms with Gasteiger partial charge in [0.2, 0.25) is 6.26 Å². The smallest absolute Gasteiger partial charge is 0.150 e. The molecule has 2 rings (SSSR count). The zero-order chi connectivity index (χ0) is 7.52. The van der Waals surface area contributed by atoms with Gasteiger partial charge in [-0.2, -0.15) is 4.84 Å². The molecule has 0 fully saturated rings. The van der Waals surface area contributed by atoms with Crippen molar-refractivity contribution in [3.63, 3.8) is 0 Å². The topological polar surface area (TPSA) is 35.7 Å². The minimum absolute atomic E-state index is 0.769. The van der Waals surface area contributed by atoms with Gasteiger partial charge in [0.1, 0.15) is 5.11 Å². The first-order valence-corrected chi connectivity index (χ1v) is 3.29. The first-order valence-electron chi connectivity index (χ1n) is 3.29. The Bertz CT molecular complexity index is 303. The summed E-state index contributed by atoms with van der Waals surface area (Å²) >= 11 is 0. The van der Waals surface area contributed by atoms with Crippen LogP contribution in [0.3, 0.4) is 0 Å². The summed E-state index contributed by atoms with van der Waals surface area (Å²) in [6, 6.07) is 9.77. The lowest BCUT2D eigenvalue weighted by molar-refractivity contribution is 0.199. The molecule has 11 heavy (non-hydrogen) atoms. The van der Waals surface area contributed by atoms with Crippen LogP contribution in [0.2, 0.25) is 0 Å². The van der Waals surface area contributed by atoms with Crippen LogP contribution in [0.15, 0.2) is 41.7 Å². The minimum atomic E-state index is 0.769. The maximum absolute atomic E-state index is 4.61. The third-order valence-electron chi connectivity index (χ3n) is 1.43. The molecule has 1 aromatic carbocycles. The Kier molecular flexibility index (Phi) is 1.41. The fourth-order valence-electron chi connectivity index (χ4n) is 0.899. The van der Waals surface area contributed by atoms with Crippen LogP contribution in [0, 0.1) is 0 Å². The van der Waals surface area contributed by atoms with Gasteiger partial charge in [-0.3, -0.25) is 0 Å². The number of nitrogens with zero attached hydrogens (tertiary/aromatic N) is 2. The Labute approximate surface area is 64.0 Å². The van der Waals surface area contributed by atoms with Gasteiger partial charge >= 0.3 is 5.28 Å². The van der Waals surface area contributed by atoms with Crippen molar-refractivity contribution in [3.05, 3.63) is 42.2 Å². The van der Waals surface area contributed by atoms with Crippen molar-refractivity contribution in [2.75, 3.05) is 0 Å². The summed E-state index contributed by atoms with van der Waals surface area (Å²) in [7, 11) is 0. The average molecular weight is 146 g/mol. The summed E-state index contributed by atoms with van der Waals surface area (Å²) in [5, 5.41) is 7.14. The Morgan fingerprint density at radius 1 is 1.18 bits per heavy atom. The predicted octanol–water partition coefficient (Wildman–Crippen LogP) is 1.72. The molecule has 0 saturated carbocycles. The van der Waals surface area contributed by atoms with Crippen molar-refractivity contribution >= 4 is 5.70 Å². The van der Waals surface area contributed by atoms with E-state index in [1.165, 1.54) is 6.26 Å². The Morgan fingerprint density at radius 3 is 2.64 bits per heavy atom. The van der Waals surface area contributed by atoms with E-state index in [1.807, 2.05) is 30.3 Å². The molecule has 53 valence electrons. The first kappa shape index (κ1) is 6.09. The van der Waals surface area contributed by atoms with Gasteiger partial charge in [0, 0.05) is 5.56 Å². The zero-order valence-corrected chi connectivity index (χ0v) is 5.77. The second kappa shape index (κ2) is 2.54. The largest absolute Gasteiger partial charge is 0.467 e. The second-order valence-electron chi connectivity index (χ2n) is 2.16. The minimum Gasteiger partial charge on any atom is -0.150 e. The van der Waals surface area contributed by atoms with Gasteiger partial charge in [-0.15, -0.1) is 0 Å². The molecule has 0 N–H and O–H groups in total. The first-order chi connectivity index (χ1) is 5.47. The van der Waals surface area contributed by atoms with Crippen molar-refractivity contribution in [1.82, 2.24) is 5.28 Å². The summed E-state index contributed by atoms with van der Waals surface area (Å²) in [6.45, 7) is 0. The lowest BCUT2D eigenvalue weighted by atomic mass is 10.2. The van der Waals surface area contributed by atoms with E-state index in [2.05, 4.69) is 15.2 Å². The molecule has 0 amide bonds. The molecule has 1 aromatic rings. The van der Waals surface area contributed by atoms with E-state index in [0.29, 0.717) is 0 Å². The predicted molar refractivity (Wildman–Crippen MR) is 40.1 cm³/mol. The lowest BCUT2D eigenvalue weighted by Gasteiger charge is -1.88. The quantitative estimate of drug-likeness (QED) is 0.594. The van der Waals surface area contributed by atoms with Crippen LogP contribution in [0.25, 0.3) is 5.70 Å². The van der Waals surface area contributed by atoms with Crippen molar-refractivity contribution in [3.8, 4) is 0 Å². The van der Waals surface area contributed by atoms with E-state index in [-0.39, 0.29) is 0 Å². The average Bonchev–Trinajstić information content (AvgIpc) is 2.58. The molecule has 0 spiro atoms. The number of hydrogen-bond acceptors (Lipinski definition) is 3. The standard InChI is InChI=1S/C8H6N2O/c1-2-4-7(5-3-1)8-6-11-10-9-8/h1-6H/q+1. The molecule has 0 aromatic heterocycles. The molecule has 0 aliphatic carbocycles. The molecule has 1 aliphatic heterocycles. The van der Waals surface area contributed by atoms with Crippen molar-refractivity contribution < 1.29 is 4.84 Å². The third-order valence-corrected chi connectivity index (χ3v) is 1.43. The van der Waals surface area contributed by atoms with E-state index in [4.69, 9.17) is 0 Å². The Morgan fingerprint density at radius 2 is 2.00 bits per heavy atom. The van der Waals surface area contributed by atoms with Gasteiger partial charge in [0.15, 0.2) is 5.70 Å². The highest BCUT2D eigenvalue weighted by molar-refractivity contribution is 5.63. The van der Waals surface area contributed by atoms with Crippen LogP contribution in [0.5, 0.6) is 0 Å². The number of hydrogen-bond donors (Lipinski definition) is 0. The Hall–Kier alpha value is -1.64. The van der Waals surface area contributed by atoms with Crippen LogP contribution >= 0.6 is 0 Å². The van der Waals surface area contributed by atoms with E-state index in [1.54, 1.807) is 0 Å². The van der Waals surface area contributed by atoms with Crippen LogP contribution in [0.1, 0.15) is 5.56 Å². The van der Waals surface area contributed by atoms with E-state index in [9.17, 15) is 0 Å². The van der Waals surface area contributed by atoms with Crippen molar-refractivity contribution in [2.24, 2.45) is 5.11 Å². The highest BCUT2D eigenvalue weighted by atomic mass is 16.6. The molecular weight excluding hydrogens is 140 g/mol. The molecule has 3 nitrogen and oxygen atoms in total. The van der Waals surface area contributed by atoms with E-state index >= 15 is 0 Å². The van der Waals surface area contributed by atoms with Crippen LogP contribution in [0.4, 0.5) is 0 Å². The molecular formula is C8H6N2O+. The summed E-state index contributed by atoms with van der Waals surface area (Å²) in [4.78, 5) is 4.61. The molecule has 0 atom stereocenters. The lowest BCUT2D eigenvalue weighted by Crippen LogP contribution is -1.75. The van der Waals surface area contributed by atoms with Crippen molar-refractivity contribution in [1.29, 1.82) is 0 Å². The fourth-order valence-corrected chi connectivity index (χ4v) is 0.899. The maximum Gasteiger partial charge on any atom is 0.467 e. The molecule has 0 unspecified atom stereocenters. The molecule has 1 radical (unpaired) electrons. The summed E-state index contributed by atoms with van der Waals surface area (Å²) in [6.07, 6.45) is 1.52. The van der Waals surface area contributed by atoms with Gasteiger partial charge in [-0.25, -0.2) is 0 Å². The highest BCUT2D eigenvalue weighted by Gasteiger charge is 2.14. The monoisotopic (exact) mass is 146 g/mol. The summed E-state index contributed by atoms with van der Waals surface area (Å²) < 4.78 is 0. The number of rotatable bonds is 1. The van der Waals surface area contributed by atoms with Gasteiger partial charge in [0.25, 0.3) is 0 Å². The van der Waals surface area contributed by atoms with E-state index < -0.39 is 0 Å².